The Morgan fingerprint density at radius 2 is 0.882 bits per heavy atom. The first-order valence-corrected chi connectivity index (χ1v) is 8.14. The maximum Gasteiger partial charge on any atom is -0.0184 e. The minimum atomic E-state index is -5.12. The predicted octanol–water partition coefficient (Wildman–Crippen LogP) is 1.18. The van der Waals surface area contributed by atoms with Gasteiger partial charge >= 0.3 is 30.5 Å². The zero-order chi connectivity index (χ0) is 12.7. The largest absolute Gasteiger partial charge is 0.0622 e. The van der Waals surface area contributed by atoms with Crippen LogP contribution in [0, 0.1) is 0 Å². The Labute approximate surface area is 103 Å². The van der Waals surface area contributed by atoms with Gasteiger partial charge in [-0.2, -0.15) is 0 Å². The van der Waals surface area contributed by atoms with Gasteiger partial charge < -0.3 is 0 Å². The Kier molecular flexibility index (Phi) is 5.19. The van der Waals surface area contributed by atoms with Gasteiger partial charge in [-0.3, -0.25) is 0 Å². The number of rotatable bonds is 1. The topological polar surface area (TPSA) is 77.8 Å². The van der Waals surface area contributed by atoms with Crippen LogP contribution in [0.15, 0.2) is 60.7 Å². The van der Waals surface area contributed by atoms with E-state index < -0.39 is 14.5 Å². The van der Waals surface area contributed by atoms with E-state index in [2.05, 4.69) is 48.5 Å². The summed E-state index contributed by atoms with van der Waals surface area (Å²) < 4.78 is 30.7. The molecule has 0 amide bonds. The maximum atomic E-state index is 8.94. The van der Waals surface area contributed by atoms with Crippen LogP contribution in [0.25, 0.3) is 11.1 Å². The van der Waals surface area contributed by atoms with E-state index in [0.717, 1.165) is 0 Å². The van der Waals surface area contributed by atoms with Crippen molar-refractivity contribution in [1.29, 1.82) is 0 Å². The average Bonchev–Trinajstić information content (AvgIpc) is 2.29. The van der Waals surface area contributed by atoms with Crippen molar-refractivity contribution in [1.82, 2.24) is 0 Å². The first-order chi connectivity index (χ1) is 7.97. The third-order valence-corrected chi connectivity index (χ3v) is 1.88. The van der Waals surface area contributed by atoms with E-state index in [-0.39, 0.29) is 0 Å². The number of benzene rings is 2. The van der Waals surface area contributed by atoms with E-state index in [0.29, 0.717) is 0 Å². The summed E-state index contributed by atoms with van der Waals surface area (Å²) in [4.78, 5) is 0. The maximum absolute atomic E-state index is 8.94. The van der Waals surface area contributed by atoms with Crippen LogP contribution < -0.4 is 0 Å². The molecule has 3 N–H and O–H groups in total. The summed E-state index contributed by atoms with van der Waals surface area (Å²) >= 11 is -5.12. The molecule has 0 saturated carbocycles. The van der Waals surface area contributed by atoms with Crippen LogP contribution in [0.1, 0.15) is 0 Å². The van der Waals surface area contributed by atoms with Gasteiger partial charge in [0, 0.05) is 0 Å². The molecular weight excluding hydrogens is 283 g/mol. The summed E-state index contributed by atoms with van der Waals surface area (Å²) in [7, 11) is 0. The summed E-state index contributed by atoms with van der Waals surface area (Å²) in [6.45, 7) is 0. The molecule has 0 atom stereocenters. The van der Waals surface area contributed by atoms with E-state index in [9.17, 15) is 0 Å². The van der Waals surface area contributed by atoms with Gasteiger partial charge in [-0.15, -0.1) is 0 Å². The van der Waals surface area contributed by atoms with Crippen LogP contribution in [0.5, 0.6) is 0 Å². The second-order valence-corrected chi connectivity index (χ2v) is 5.40. The van der Waals surface area contributed by atoms with E-state index in [1.165, 1.54) is 11.1 Å². The molecule has 2 rings (SSSR count). The van der Waals surface area contributed by atoms with Crippen molar-refractivity contribution in [3.05, 3.63) is 60.7 Å². The molecule has 90 valence electrons. The van der Waals surface area contributed by atoms with E-state index in [4.69, 9.17) is 16.0 Å². The summed E-state index contributed by atoms with van der Waals surface area (Å²) in [6.07, 6.45) is 0. The Morgan fingerprint density at radius 3 is 1.12 bits per heavy atom. The third kappa shape index (κ3) is 6.76. The zero-order valence-electron chi connectivity index (χ0n) is 8.97. The zero-order valence-corrected chi connectivity index (χ0v) is 10.8. The molecule has 0 radical (unpaired) electrons. The fourth-order valence-electron chi connectivity index (χ4n) is 1.26. The van der Waals surface area contributed by atoms with Crippen LogP contribution in [-0.4, -0.2) is 26.8 Å². The minimum Gasteiger partial charge on any atom is -0.0622 e. The van der Waals surface area contributed by atoms with Gasteiger partial charge in [0.25, 0.3) is 0 Å². The molecule has 0 aliphatic carbocycles. The van der Waals surface area contributed by atoms with Crippen molar-refractivity contribution < 1.29 is 16.0 Å². The standard InChI is InChI=1S/C12H10.AsH3O4/c1-3-7-11(8-4-1)12-9-5-2-6-10-12;2-1(3,4)5/h1-10H;(H3,2,3,4,5). The molecule has 4 nitrogen and oxygen atoms in total. The van der Waals surface area contributed by atoms with Gasteiger partial charge in [-0.25, -0.2) is 0 Å². The van der Waals surface area contributed by atoms with Crippen LogP contribution in [0.2, 0.25) is 0 Å². The molecule has 0 saturated heterocycles. The molecule has 5 heteroatoms. The van der Waals surface area contributed by atoms with Gasteiger partial charge in [-0.1, -0.05) is 60.7 Å². The van der Waals surface area contributed by atoms with Crippen molar-refractivity contribution in [2.45, 2.75) is 0 Å². The van der Waals surface area contributed by atoms with Gasteiger partial charge in [0.15, 0.2) is 0 Å². The Balaban J connectivity index is 0.000000249. The monoisotopic (exact) mass is 296 g/mol. The Bertz CT molecular complexity index is 433. The van der Waals surface area contributed by atoms with Crippen molar-refractivity contribution in [3.63, 3.8) is 0 Å². The van der Waals surface area contributed by atoms with Gasteiger partial charge in [-0.05, 0) is 11.1 Å². The van der Waals surface area contributed by atoms with Gasteiger partial charge in [0.2, 0.25) is 0 Å². The molecule has 0 spiro atoms. The Morgan fingerprint density at radius 1 is 0.647 bits per heavy atom. The van der Waals surface area contributed by atoms with Crippen molar-refractivity contribution in [2.24, 2.45) is 0 Å². The van der Waals surface area contributed by atoms with Crippen LogP contribution >= 0.6 is 0 Å². The van der Waals surface area contributed by atoms with E-state index >= 15 is 0 Å². The van der Waals surface area contributed by atoms with E-state index in [1.807, 2.05) is 12.1 Å². The molecule has 0 bridgehead atoms. The molecule has 0 fully saturated rings. The fraction of sp³-hybridized carbons (Fsp3) is 0. The normalized spacial score (nSPS) is 10.3. The van der Waals surface area contributed by atoms with Gasteiger partial charge in [0.05, 0.1) is 0 Å². The second-order valence-electron chi connectivity index (χ2n) is 3.25. The van der Waals surface area contributed by atoms with Crippen LogP contribution in [0.3, 0.4) is 0 Å². The van der Waals surface area contributed by atoms with Gasteiger partial charge in [0.1, 0.15) is 0 Å². The van der Waals surface area contributed by atoms with E-state index in [1.54, 1.807) is 0 Å². The van der Waals surface area contributed by atoms with Crippen LogP contribution in [-0.2, 0) is 3.74 Å². The molecule has 0 aromatic heterocycles. The third-order valence-electron chi connectivity index (χ3n) is 1.88. The summed E-state index contributed by atoms with van der Waals surface area (Å²) in [5.41, 5.74) is 2.55. The first-order valence-electron chi connectivity index (χ1n) is 4.85. The average molecular weight is 296 g/mol. The minimum absolute atomic E-state index is 1.28. The van der Waals surface area contributed by atoms with Crippen molar-refractivity contribution in [3.8, 4) is 11.1 Å². The summed E-state index contributed by atoms with van der Waals surface area (Å²) in [5.74, 6) is 0. The molecule has 0 aliphatic rings. The first kappa shape index (κ1) is 13.7. The summed E-state index contributed by atoms with van der Waals surface area (Å²) in [6, 6.07) is 20.8. The number of hydrogen-bond donors (Lipinski definition) is 3. The molecule has 0 heterocycles. The SMILES string of the molecule is O=[As](O)(O)O.c1ccc(-c2ccccc2)cc1. The summed E-state index contributed by atoms with van der Waals surface area (Å²) in [5, 5.41) is 0. The van der Waals surface area contributed by atoms with Crippen molar-refractivity contribution in [2.75, 3.05) is 0 Å². The Hall–Kier alpha value is -1.32. The predicted molar refractivity (Wildman–Crippen MR) is 65.0 cm³/mol. The van der Waals surface area contributed by atoms with Crippen LogP contribution in [0.4, 0.5) is 0 Å². The molecule has 17 heavy (non-hydrogen) atoms. The molecule has 2 aromatic rings. The van der Waals surface area contributed by atoms with Crippen molar-refractivity contribution >= 4 is 14.5 Å². The molecular formula is C12H13AsO4. The quantitative estimate of drug-likeness (QED) is 0.691. The second kappa shape index (κ2) is 6.42. The smallest absolute Gasteiger partial charge is 0.0184 e. The number of hydrogen-bond acceptors (Lipinski definition) is 1. The molecule has 0 aliphatic heterocycles. The fourth-order valence-corrected chi connectivity index (χ4v) is 1.26. The molecule has 2 aromatic carbocycles. The molecule has 0 unspecified atom stereocenters.